The van der Waals surface area contributed by atoms with Crippen LogP contribution in [0.25, 0.3) is 21.8 Å². The van der Waals surface area contributed by atoms with E-state index in [2.05, 4.69) is 10.7 Å². The lowest BCUT2D eigenvalue weighted by Crippen LogP contribution is -2.23. The van der Waals surface area contributed by atoms with Crippen molar-refractivity contribution in [2.75, 3.05) is 7.11 Å². The molecule has 0 aliphatic rings. The molecule has 156 valence electrons. The number of carbonyl (C=O) groups excluding carboxylic acids is 1. The number of hydrogen-bond donors (Lipinski definition) is 1. The Bertz CT molecular complexity index is 1210. The minimum atomic E-state index is -0.346. The van der Waals surface area contributed by atoms with E-state index >= 15 is 0 Å². The summed E-state index contributed by atoms with van der Waals surface area (Å²) in [6.07, 6.45) is 0. The predicted molar refractivity (Wildman–Crippen MR) is 127 cm³/mol. The van der Waals surface area contributed by atoms with Gasteiger partial charge in [0.25, 0.3) is 5.91 Å². The Labute approximate surface area is 194 Å². The molecule has 0 aliphatic heterocycles. The van der Waals surface area contributed by atoms with Gasteiger partial charge in [0.1, 0.15) is 10.6 Å². The second kappa shape index (κ2) is 9.52. The molecule has 0 saturated heterocycles. The minimum absolute atomic E-state index is 0.226. The van der Waals surface area contributed by atoms with Gasteiger partial charge < -0.3 is 10.1 Å². The average Bonchev–Trinajstić information content (AvgIpc) is 3.30. The Hall–Kier alpha value is -2.86. The third-order valence-corrected chi connectivity index (χ3v) is 6.22. The van der Waals surface area contributed by atoms with Crippen LogP contribution < -0.4 is 10.1 Å². The fourth-order valence-electron chi connectivity index (χ4n) is 3.13. The molecule has 1 N–H and O–H groups in total. The fraction of sp³-hybridized carbons (Fsp3) is 0.0833. The largest absolute Gasteiger partial charge is 0.494 e. The second-order valence-electron chi connectivity index (χ2n) is 6.72. The van der Waals surface area contributed by atoms with Crippen molar-refractivity contribution in [1.29, 1.82) is 0 Å². The van der Waals surface area contributed by atoms with Crippen LogP contribution in [0.3, 0.4) is 0 Å². The van der Waals surface area contributed by atoms with Crippen LogP contribution in [0.5, 0.6) is 5.75 Å². The molecular weight excluding hydrogens is 451 g/mol. The molecule has 0 unspecified atom stereocenters. The second-order valence-corrected chi connectivity index (χ2v) is 8.39. The normalized spacial score (nSPS) is 10.7. The first kappa shape index (κ1) is 21.4. The van der Waals surface area contributed by atoms with Crippen molar-refractivity contribution < 1.29 is 9.53 Å². The molecule has 0 spiro atoms. The van der Waals surface area contributed by atoms with Crippen molar-refractivity contribution in [3.8, 4) is 27.6 Å². The van der Waals surface area contributed by atoms with Crippen molar-refractivity contribution in [1.82, 2.24) is 10.3 Å². The fourth-order valence-corrected chi connectivity index (χ4v) is 4.43. The number of nitrogens with zero attached hydrogens (tertiary/aromatic N) is 1. The van der Waals surface area contributed by atoms with Crippen LogP contribution in [-0.4, -0.2) is 18.0 Å². The number of hydrogen-bond acceptors (Lipinski definition) is 4. The lowest BCUT2D eigenvalue weighted by atomic mass is 10.1. The van der Waals surface area contributed by atoms with Gasteiger partial charge in [-0.2, -0.15) is 0 Å². The monoisotopic (exact) mass is 468 g/mol. The highest BCUT2D eigenvalue weighted by Gasteiger charge is 2.19. The Balaban J connectivity index is 1.45. The highest BCUT2D eigenvalue weighted by molar-refractivity contribution is 7.13. The number of rotatable bonds is 6. The molecule has 7 heteroatoms. The zero-order valence-corrected chi connectivity index (χ0v) is 18.9. The summed E-state index contributed by atoms with van der Waals surface area (Å²) in [4.78, 5) is 17.4. The van der Waals surface area contributed by atoms with Gasteiger partial charge in [-0.1, -0.05) is 77.8 Å². The van der Waals surface area contributed by atoms with Gasteiger partial charge in [-0.15, -0.1) is 11.3 Å². The molecule has 4 nitrogen and oxygen atoms in total. The van der Waals surface area contributed by atoms with E-state index in [4.69, 9.17) is 32.9 Å². The Kier molecular flexibility index (Phi) is 6.56. The van der Waals surface area contributed by atoms with E-state index in [1.807, 2.05) is 54.6 Å². The van der Waals surface area contributed by atoms with Gasteiger partial charge in [0.2, 0.25) is 0 Å². The summed E-state index contributed by atoms with van der Waals surface area (Å²) in [6, 6.07) is 21.2. The number of benzene rings is 3. The molecule has 1 amide bonds. The zero-order chi connectivity index (χ0) is 21.8. The molecule has 4 aromatic rings. The summed E-state index contributed by atoms with van der Waals surface area (Å²) in [7, 11) is 1.45. The van der Waals surface area contributed by atoms with Crippen LogP contribution in [0.2, 0.25) is 10.0 Å². The summed E-state index contributed by atoms with van der Waals surface area (Å²) in [5, 5.41) is 6.49. The SMILES string of the molecule is COc1c(Cl)ccc(Cl)c1C(=O)NCc1ccc(-c2nc(-c3ccccc3)cs2)cc1. The quantitative estimate of drug-likeness (QED) is 0.341. The highest BCUT2D eigenvalue weighted by Crippen LogP contribution is 2.34. The molecule has 0 radical (unpaired) electrons. The molecule has 3 aromatic carbocycles. The topological polar surface area (TPSA) is 51.2 Å². The van der Waals surface area contributed by atoms with Crippen LogP contribution in [0.15, 0.2) is 72.1 Å². The summed E-state index contributed by atoms with van der Waals surface area (Å²) in [5.74, 6) is -0.0825. The molecule has 1 aromatic heterocycles. The molecule has 0 fully saturated rings. The van der Waals surface area contributed by atoms with E-state index < -0.39 is 0 Å². The lowest BCUT2D eigenvalue weighted by Gasteiger charge is -2.12. The molecule has 0 aliphatic carbocycles. The summed E-state index contributed by atoms with van der Waals surface area (Å²) in [6.45, 7) is 0.345. The van der Waals surface area contributed by atoms with Crippen LogP contribution in [0.4, 0.5) is 0 Å². The third kappa shape index (κ3) is 4.74. The van der Waals surface area contributed by atoms with Crippen molar-refractivity contribution in [3.63, 3.8) is 0 Å². The number of ether oxygens (including phenoxy) is 1. The number of carbonyl (C=O) groups is 1. The summed E-state index contributed by atoms with van der Waals surface area (Å²) >= 11 is 13.9. The number of methoxy groups -OCH3 is 1. The van der Waals surface area contributed by atoms with Crippen LogP contribution in [0, 0.1) is 0 Å². The van der Waals surface area contributed by atoms with E-state index in [-0.39, 0.29) is 22.2 Å². The maximum Gasteiger partial charge on any atom is 0.256 e. The predicted octanol–water partition coefficient (Wildman–Crippen LogP) is 6.72. The molecule has 0 atom stereocenters. The van der Waals surface area contributed by atoms with Gasteiger partial charge in [-0.25, -0.2) is 4.98 Å². The number of amides is 1. The van der Waals surface area contributed by atoms with Crippen LogP contribution >= 0.6 is 34.5 Å². The van der Waals surface area contributed by atoms with E-state index in [0.29, 0.717) is 11.6 Å². The lowest BCUT2D eigenvalue weighted by molar-refractivity contribution is 0.0948. The molecule has 4 rings (SSSR count). The van der Waals surface area contributed by atoms with Crippen molar-refractivity contribution in [2.45, 2.75) is 6.54 Å². The van der Waals surface area contributed by atoms with E-state index in [9.17, 15) is 4.79 Å². The Morgan fingerprint density at radius 1 is 0.968 bits per heavy atom. The first-order chi connectivity index (χ1) is 15.1. The molecule has 0 bridgehead atoms. The Morgan fingerprint density at radius 3 is 2.39 bits per heavy atom. The number of nitrogens with one attached hydrogen (secondary N) is 1. The van der Waals surface area contributed by atoms with E-state index in [0.717, 1.165) is 27.4 Å². The van der Waals surface area contributed by atoms with Crippen molar-refractivity contribution in [3.05, 3.63) is 93.3 Å². The standard InChI is InChI=1S/C24H18Cl2N2O2S/c1-30-22-19(26)12-11-18(25)21(22)23(29)27-13-15-7-9-17(10-8-15)24-28-20(14-31-24)16-5-3-2-4-6-16/h2-12,14H,13H2,1H3,(H,27,29). The van der Waals surface area contributed by atoms with E-state index in [1.54, 1.807) is 23.5 Å². The maximum absolute atomic E-state index is 12.7. The van der Waals surface area contributed by atoms with Crippen molar-refractivity contribution in [2.24, 2.45) is 0 Å². The first-order valence-electron chi connectivity index (χ1n) is 9.47. The number of thiazole rings is 1. The van der Waals surface area contributed by atoms with Gasteiger partial charge >= 0.3 is 0 Å². The zero-order valence-electron chi connectivity index (χ0n) is 16.6. The van der Waals surface area contributed by atoms with Gasteiger partial charge in [0.15, 0.2) is 5.75 Å². The van der Waals surface area contributed by atoms with Crippen LogP contribution in [0.1, 0.15) is 15.9 Å². The van der Waals surface area contributed by atoms with Gasteiger partial charge in [0.05, 0.1) is 22.8 Å². The molecule has 31 heavy (non-hydrogen) atoms. The Morgan fingerprint density at radius 2 is 1.68 bits per heavy atom. The minimum Gasteiger partial charge on any atom is -0.494 e. The van der Waals surface area contributed by atoms with Gasteiger partial charge in [-0.3, -0.25) is 4.79 Å². The number of aromatic nitrogens is 1. The smallest absolute Gasteiger partial charge is 0.256 e. The molecule has 1 heterocycles. The van der Waals surface area contributed by atoms with Crippen molar-refractivity contribution >= 4 is 40.4 Å². The average molecular weight is 469 g/mol. The maximum atomic E-state index is 12.7. The van der Waals surface area contributed by atoms with E-state index in [1.165, 1.54) is 7.11 Å². The summed E-state index contributed by atoms with van der Waals surface area (Å²) < 4.78 is 5.25. The third-order valence-electron chi connectivity index (χ3n) is 4.72. The van der Waals surface area contributed by atoms with Gasteiger partial charge in [-0.05, 0) is 17.7 Å². The number of halogens is 2. The van der Waals surface area contributed by atoms with Gasteiger partial charge in [0, 0.05) is 23.1 Å². The highest BCUT2D eigenvalue weighted by atomic mass is 35.5. The molecule has 0 saturated carbocycles. The summed E-state index contributed by atoms with van der Waals surface area (Å²) in [5.41, 5.74) is 4.27. The molecular formula is C24H18Cl2N2O2S. The van der Waals surface area contributed by atoms with Crippen LogP contribution in [-0.2, 0) is 6.54 Å². The first-order valence-corrected chi connectivity index (χ1v) is 11.1.